The van der Waals surface area contributed by atoms with E-state index in [-0.39, 0.29) is 12.5 Å². The summed E-state index contributed by atoms with van der Waals surface area (Å²) in [5.41, 5.74) is 0.165. The topological polar surface area (TPSA) is 58.6 Å². The zero-order valence-electron chi connectivity index (χ0n) is 14.8. The monoisotopic (exact) mass is 356 g/mol. The molecule has 0 saturated carbocycles. The number of hydrogen-bond acceptors (Lipinski definition) is 3. The molecule has 1 saturated heterocycles. The highest BCUT2D eigenvalue weighted by Crippen LogP contribution is 2.30. The predicted octanol–water partition coefficient (Wildman–Crippen LogP) is 3.58. The van der Waals surface area contributed by atoms with Crippen LogP contribution in [0.3, 0.4) is 0 Å². The van der Waals surface area contributed by atoms with Crippen LogP contribution in [0.15, 0.2) is 48.5 Å². The molecule has 2 aromatic carbocycles. The van der Waals surface area contributed by atoms with Crippen molar-refractivity contribution in [2.75, 3.05) is 6.61 Å². The maximum atomic E-state index is 13.2. The lowest BCUT2D eigenvalue weighted by atomic mass is 9.92. The third kappa shape index (κ3) is 3.40. The van der Waals surface area contributed by atoms with E-state index < -0.39 is 17.4 Å². The number of hydrogen-bond donors (Lipinski definition) is 1. The summed E-state index contributed by atoms with van der Waals surface area (Å²) in [7, 11) is 0. The largest absolute Gasteiger partial charge is 0.494 e. The van der Waals surface area contributed by atoms with Crippen molar-refractivity contribution in [2.45, 2.75) is 32.4 Å². The standard InChI is InChI=1S/C20H21FN2O3/c1-3-12-26-17-10-4-14(5-11-17)13-23-18(24)20(2,22-19(23)25)15-6-8-16(21)9-7-15/h4-11H,3,12-13H2,1-2H3,(H,22,25)/t20-/m1/s1. The van der Waals surface area contributed by atoms with Gasteiger partial charge in [-0.15, -0.1) is 0 Å². The molecule has 0 spiro atoms. The fourth-order valence-corrected chi connectivity index (χ4v) is 2.91. The van der Waals surface area contributed by atoms with Crippen molar-refractivity contribution in [1.29, 1.82) is 0 Å². The molecule has 1 aliphatic rings. The first kappa shape index (κ1) is 17.9. The fraction of sp³-hybridized carbons (Fsp3) is 0.300. The van der Waals surface area contributed by atoms with Gasteiger partial charge in [-0.2, -0.15) is 0 Å². The van der Waals surface area contributed by atoms with Gasteiger partial charge in [0.05, 0.1) is 13.2 Å². The molecule has 1 heterocycles. The lowest BCUT2D eigenvalue weighted by Crippen LogP contribution is -2.40. The lowest BCUT2D eigenvalue weighted by Gasteiger charge is -2.22. The number of halogens is 1. The third-order valence-electron chi connectivity index (χ3n) is 4.43. The minimum absolute atomic E-state index is 0.162. The Morgan fingerprint density at radius 2 is 1.73 bits per heavy atom. The van der Waals surface area contributed by atoms with Gasteiger partial charge in [-0.3, -0.25) is 9.69 Å². The highest BCUT2D eigenvalue weighted by Gasteiger charge is 2.48. The average Bonchev–Trinajstić information content (AvgIpc) is 2.85. The molecule has 26 heavy (non-hydrogen) atoms. The Balaban J connectivity index is 1.76. The average molecular weight is 356 g/mol. The molecule has 0 aromatic heterocycles. The molecule has 1 atom stereocenters. The highest BCUT2D eigenvalue weighted by atomic mass is 19.1. The second-order valence-electron chi connectivity index (χ2n) is 6.45. The highest BCUT2D eigenvalue weighted by molar-refractivity contribution is 6.07. The van der Waals surface area contributed by atoms with Crippen molar-refractivity contribution in [1.82, 2.24) is 10.2 Å². The molecular weight excluding hydrogens is 335 g/mol. The minimum atomic E-state index is -1.20. The molecule has 2 aromatic rings. The number of amides is 3. The van der Waals surface area contributed by atoms with Crippen molar-refractivity contribution >= 4 is 11.9 Å². The van der Waals surface area contributed by atoms with Crippen LogP contribution in [-0.2, 0) is 16.9 Å². The number of carbonyl (C=O) groups is 2. The number of nitrogens with one attached hydrogen (secondary N) is 1. The Hall–Kier alpha value is -2.89. The predicted molar refractivity (Wildman–Crippen MR) is 95.1 cm³/mol. The zero-order chi connectivity index (χ0) is 18.7. The maximum Gasteiger partial charge on any atom is 0.325 e. The molecule has 1 fully saturated rings. The van der Waals surface area contributed by atoms with Crippen molar-refractivity contribution in [2.24, 2.45) is 0 Å². The van der Waals surface area contributed by atoms with Crippen LogP contribution in [-0.4, -0.2) is 23.4 Å². The van der Waals surface area contributed by atoms with Crippen LogP contribution in [0.25, 0.3) is 0 Å². The summed E-state index contributed by atoms with van der Waals surface area (Å²) in [6, 6.07) is 12.4. The number of carbonyl (C=O) groups excluding carboxylic acids is 2. The smallest absolute Gasteiger partial charge is 0.325 e. The van der Waals surface area contributed by atoms with Crippen molar-refractivity contribution in [3.8, 4) is 5.75 Å². The molecule has 5 nitrogen and oxygen atoms in total. The number of rotatable bonds is 6. The van der Waals surface area contributed by atoms with E-state index in [1.807, 2.05) is 31.2 Å². The molecule has 0 radical (unpaired) electrons. The van der Waals surface area contributed by atoms with E-state index >= 15 is 0 Å². The summed E-state index contributed by atoms with van der Waals surface area (Å²) >= 11 is 0. The van der Waals surface area contributed by atoms with E-state index in [1.165, 1.54) is 29.2 Å². The van der Waals surface area contributed by atoms with E-state index in [4.69, 9.17) is 4.74 Å². The maximum absolute atomic E-state index is 13.2. The van der Waals surface area contributed by atoms with Crippen LogP contribution in [0.4, 0.5) is 9.18 Å². The molecule has 1 N–H and O–H groups in total. The Morgan fingerprint density at radius 3 is 2.35 bits per heavy atom. The van der Waals surface area contributed by atoms with Gasteiger partial charge in [0.25, 0.3) is 5.91 Å². The Kier molecular flexibility index (Phi) is 4.93. The second-order valence-corrected chi connectivity index (χ2v) is 6.45. The van der Waals surface area contributed by atoms with Crippen LogP contribution in [0.2, 0.25) is 0 Å². The summed E-state index contributed by atoms with van der Waals surface area (Å²) in [6.45, 7) is 4.46. The van der Waals surface area contributed by atoms with Crippen LogP contribution in [0.5, 0.6) is 5.75 Å². The Bertz CT molecular complexity index is 805. The van der Waals surface area contributed by atoms with Gasteiger partial charge >= 0.3 is 6.03 Å². The van der Waals surface area contributed by atoms with Crippen LogP contribution < -0.4 is 10.1 Å². The van der Waals surface area contributed by atoms with E-state index in [1.54, 1.807) is 6.92 Å². The van der Waals surface area contributed by atoms with Crippen LogP contribution >= 0.6 is 0 Å². The quantitative estimate of drug-likeness (QED) is 0.805. The van der Waals surface area contributed by atoms with Gasteiger partial charge in [0.15, 0.2) is 0 Å². The number of nitrogens with zero attached hydrogens (tertiary/aromatic N) is 1. The molecule has 1 aliphatic heterocycles. The van der Waals surface area contributed by atoms with Gasteiger partial charge in [-0.05, 0) is 48.7 Å². The summed E-state index contributed by atoms with van der Waals surface area (Å²) in [5.74, 6) is 0.000675. The first-order chi connectivity index (χ1) is 12.4. The molecule has 3 rings (SSSR count). The van der Waals surface area contributed by atoms with Gasteiger partial charge in [-0.1, -0.05) is 31.2 Å². The summed E-state index contributed by atoms with van der Waals surface area (Å²) in [6.07, 6.45) is 0.923. The van der Waals surface area contributed by atoms with Crippen molar-refractivity contribution < 1.29 is 18.7 Å². The molecule has 0 bridgehead atoms. The van der Waals surface area contributed by atoms with Crippen molar-refractivity contribution in [3.63, 3.8) is 0 Å². The second kappa shape index (κ2) is 7.15. The molecule has 3 amide bonds. The number of urea groups is 1. The number of ether oxygens (including phenoxy) is 1. The van der Waals surface area contributed by atoms with E-state index in [0.717, 1.165) is 17.7 Å². The Labute approximate surface area is 151 Å². The van der Waals surface area contributed by atoms with Gasteiger partial charge in [0, 0.05) is 0 Å². The molecule has 0 aliphatic carbocycles. The van der Waals surface area contributed by atoms with E-state index in [9.17, 15) is 14.0 Å². The molecule has 136 valence electrons. The van der Waals surface area contributed by atoms with Gasteiger partial charge in [0.2, 0.25) is 0 Å². The first-order valence-corrected chi connectivity index (χ1v) is 8.56. The number of benzene rings is 2. The van der Waals surface area contributed by atoms with Crippen LogP contribution in [0.1, 0.15) is 31.4 Å². The summed E-state index contributed by atoms with van der Waals surface area (Å²) in [4.78, 5) is 26.4. The van der Waals surface area contributed by atoms with Gasteiger partial charge in [-0.25, -0.2) is 9.18 Å². The zero-order valence-corrected chi connectivity index (χ0v) is 14.8. The molecule has 6 heteroatoms. The minimum Gasteiger partial charge on any atom is -0.494 e. The van der Waals surface area contributed by atoms with E-state index in [0.29, 0.717) is 12.2 Å². The summed E-state index contributed by atoms with van der Waals surface area (Å²) < 4.78 is 18.7. The Morgan fingerprint density at radius 1 is 1.08 bits per heavy atom. The number of imide groups is 1. The fourth-order valence-electron chi connectivity index (χ4n) is 2.91. The normalized spacial score (nSPS) is 19.6. The first-order valence-electron chi connectivity index (χ1n) is 8.56. The van der Waals surface area contributed by atoms with Gasteiger partial charge in [0.1, 0.15) is 17.1 Å². The third-order valence-corrected chi connectivity index (χ3v) is 4.43. The SMILES string of the molecule is CCCOc1ccc(CN2C(=O)N[C@](C)(c3ccc(F)cc3)C2=O)cc1. The lowest BCUT2D eigenvalue weighted by molar-refractivity contribution is -0.131. The molecule has 0 unspecified atom stereocenters. The van der Waals surface area contributed by atoms with Gasteiger partial charge < -0.3 is 10.1 Å². The van der Waals surface area contributed by atoms with Crippen LogP contribution in [0, 0.1) is 5.82 Å². The van der Waals surface area contributed by atoms with E-state index in [2.05, 4.69) is 5.32 Å². The van der Waals surface area contributed by atoms with Crippen molar-refractivity contribution in [3.05, 3.63) is 65.5 Å². The molecular formula is C20H21FN2O3. The summed E-state index contributed by atoms with van der Waals surface area (Å²) in [5, 5.41) is 2.72.